The fourth-order valence-electron chi connectivity index (χ4n) is 1.13. The molecule has 0 radical (unpaired) electrons. The van der Waals surface area contributed by atoms with Crippen molar-refractivity contribution in [2.24, 2.45) is 0 Å². The van der Waals surface area contributed by atoms with Crippen molar-refractivity contribution in [1.29, 1.82) is 0 Å². The van der Waals surface area contributed by atoms with E-state index in [9.17, 15) is 0 Å². The van der Waals surface area contributed by atoms with E-state index in [4.69, 9.17) is 14.0 Å². The van der Waals surface area contributed by atoms with Crippen molar-refractivity contribution in [3.8, 4) is 0 Å². The minimum atomic E-state index is -0.519. The van der Waals surface area contributed by atoms with Gasteiger partial charge in [-0.05, 0) is 41.0 Å². The SMILES string of the molecule is CCC(C)OB1OC(C)(C)C(C)(C)O1. The molecule has 1 fully saturated rings. The molecule has 0 aromatic carbocycles. The van der Waals surface area contributed by atoms with Crippen LogP contribution in [0.5, 0.6) is 0 Å². The van der Waals surface area contributed by atoms with E-state index >= 15 is 0 Å². The molecule has 1 heterocycles. The lowest BCUT2D eigenvalue weighted by molar-refractivity contribution is 0.00578. The Morgan fingerprint density at radius 1 is 1.14 bits per heavy atom. The van der Waals surface area contributed by atoms with E-state index in [-0.39, 0.29) is 17.3 Å². The van der Waals surface area contributed by atoms with Crippen molar-refractivity contribution in [2.45, 2.75) is 65.3 Å². The molecule has 1 unspecified atom stereocenters. The molecule has 0 aromatic heterocycles. The standard InChI is InChI=1S/C10H21BO3/c1-7-8(2)12-11-13-9(3,4)10(5,6)14-11/h8H,7H2,1-6H3. The third kappa shape index (κ3) is 2.30. The lowest BCUT2D eigenvalue weighted by atomic mass is 9.90. The summed E-state index contributed by atoms with van der Waals surface area (Å²) in [5, 5.41) is 0. The van der Waals surface area contributed by atoms with Crippen molar-refractivity contribution in [1.82, 2.24) is 0 Å². The van der Waals surface area contributed by atoms with Crippen LogP contribution in [0.3, 0.4) is 0 Å². The first-order valence-corrected chi connectivity index (χ1v) is 5.29. The van der Waals surface area contributed by atoms with Gasteiger partial charge >= 0.3 is 7.32 Å². The van der Waals surface area contributed by atoms with Crippen LogP contribution in [0.2, 0.25) is 0 Å². The van der Waals surface area contributed by atoms with Crippen LogP contribution in [-0.2, 0) is 14.0 Å². The Morgan fingerprint density at radius 3 is 1.93 bits per heavy atom. The highest BCUT2D eigenvalue weighted by Crippen LogP contribution is 2.37. The Bertz CT molecular complexity index is 188. The highest BCUT2D eigenvalue weighted by Gasteiger charge is 2.53. The van der Waals surface area contributed by atoms with Crippen LogP contribution in [0.25, 0.3) is 0 Å². The maximum Gasteiger partial charge on any atom is 0.640 e. The summed E-state index contributed by atoms with van der Waals surface area (Å²) >= 11 is 0. The zero-order valence-corrected chi connectivity index (χ0v) is 10.1. The third-order valence-corrected chi connectivity index (χ3v) is 3.15. The second kappa shape index (κ2) is 3.84. The molecule has 1 rings (SSSR count). The first-order chi connectivity index (χ1) is 6.28. The molecule has 1 atom stereocenters. The van der Waals surface area contributed by atoms with Crippen LogP contribution in [-0.4, -0.2) is 24.6 Å². The summed E-state index contributed by atoms with van der Waals surface area (Å²) in [4.78, 5) is 0. The molecule has 0 bridgehead atoms. The lowest BCUT2D eigenvalue weighted by Crippen LogP contribution is -2.41. The summed E-state index contributed by atoms with van der Waals surface area (Å²) in [7, 11) is -0.519. The Balaban J connectivity index is 2.55. The van der Waals surface area contributed by atoms with Crippen LogP contribution in [0.15, 0.2) is 0 Å². The Labute approximate surface area is 87.3 Å². The van der Waals surface area contributed by atoms with Gasteiger partial charge in [-0.1, -0.05) is 6.92 Å². The second-order valence-electron chi connectivity index (χ2n) is 4.90. The Kier molecular flexibility index (Phi) is 3.29. The third-order valence-electron chi connectivity index (χ3n) is 3.15. The summed E-state index contributed by atoms with van der Waals surface area (Å²) in [6.45, 7) is 12.2. The molecule has 0 amide bonds. The van der Waals surface area contributed by atoms with E-state index in [0.717, 1.165) is 6.42 Å². The maximum absolute atomic E-state index is 5.69. The van der Waals surface area contributed by atoms with Gasteiger partial charge in [-0.2, -0.15) is 0 Å². The van der Waals surface area contributed by atoms with Crippen LogP contribution < -0.4 is 0 Å². The Hall–Kier alpha value is -0.0551. The highest BCUT2D eigenvalue weighted by molar-refractivity contribution is 6.37. The van der Waals surface area contributed by atoms with Crippen molar-refractivity contribution in [3.63, 3.8) is 0 Å². The lowest BCUT2D eigenvalue weighted by Gasteiger charge is -2.31. The second-order valence-corrected chi connectivity index (χ2v) is 4.90. The molecule has 82 valence electrons. The van der Waals surface area contributed by atoms with Gasteiger partial charge in [-0.3, -0.25) is 0 Å². The molecule has 0 saturated carbocycles. The molecule has 0 aromatic rings. The molecule has 4 heteroatoms. The summed E-state index contributed by atoms with van der Waals surface area (Å²) in [6.07, 6.45) is 1.13. The van der Waals surface area contributed by atoms with E-state index in [1.807, 2.05) is 34.6 Å². The van der Waals surface area contributed by atoms with Gasteiger partial charge in [0.15, 0.2) is 0 Å². The predicted molar refractivity (Wildman–Crippen MR) is 56.9 cm³/mol. The molecular weight excluding hydrogens is 179 g/mol. The minimum absolute atomic E-state index is 0.171. The first kappa shape index (κ1) is 12.0. The molecule has 1 aliphatic rings. The van der Waals surface area contributed by atoms with Crippen molar-refractivity contribution < 1.29 is 14.0 Å². The fraction of sp³-hybridized carbons (Fsp3) is 1.00. The summed E-state index contributed by atoms with van der Waals surface area (Å²) in [5.41, 5.74) is -0.601. The molecule has 0 aliphatic carbocycles. The van der Waals surface area contributed by atoms with E-state index in [2.05, 4.69) is 6.92 Å². The maximum atomic E-state index is 5.69. The molecule has 0 N–H and O–H groups in total. The number of rotatable bonds is 3. The van der Waals surface area contributed by atoms with Gasteiger partial charge in [-0.25, -0.2) is 0 Å². The zero-order valence-electron chi connectivity index (χ0n) is 10.1. The van der Waals surface area contributed by atoms with Gasteiger partial charge in [0, 0.05) is 6.10 Å². The van der Waals surface area contributed by atoms with Crippen molar-refractivity contribution in [2.75, 3.05) is 0 Å². The quantitative estimate of drug-likeness (QED) is 0.654. The predicted octanol–water partition coefficient (Wildman–Crippen LogP) is 2.39. The summed E-state index contributed by atoms with van der Waals surface area (Å²) in [6, 6.07) is 0. The largest absolute Gasteiger partial charge is 0.640 e. The van der Waals surface area contributed by atoms with Crippen LogP contribution in [0, 0.1) is 0 Å². The average molecular weight is 200 g/mol. The summed E-state index contributed by atoms with van der Waals surface area (Å²) in [5.74, 6) is 0. The van der Waals surface area contributed by atoms with Gasteiger partial charge in [0.05, 0.1) is 11.2 Å². The average Bonchev–Trinajstić information content (AvgIpc) is 2.20. The number of hydrogen-bond acceptors (Lipinski definition) is 3. The molecule has 14 heavy (non-hydrogen) atoms. The minimum Gasteiger partial charge on any atom is -0.383 e. The zero-order chi connectivity index (χ0) is 11.0. The summed E-state index contributed by atoms with van der Waals surface area (Å²) < 4.78 is 17.0. The molecule has 3 nitrogen and oxygen atoms in total. The van der Waals surface area contributed by atoms with Gasteiger partial charge < -0.3 is 14.0 Å². The molecular formula is C10H21BO3. The smallest absolute Gasteiger partial charge is 0.383 e. The highest BCUT2D eigenvalue weighted by atomic mass is 16.8. The van der Waals surface area contributed by atoms with Crippen molar-refractivity contribution >= 4 is 7.32 Å². The Morgan fingerprint density at radius 2 is 1.57 bits per heavy atom. The fourth-order valence-corrected chi connectivity index (χ4v) is 1.13. The first-order valence-electron chi connectivity index (χ1n) is 5.29. The van der Waals surface area contributed by atoms with Crippen molar-refractivity contribution in [3.05, 3.63) is 0 Å². The monoisotopic (exact) mass is 200 g/mol. The molecule has 1 saturated heterocycles. The van der Waals surface area contributed by atoms with Gasteiger partial charge in [0.1, 0.15) is 0 Å². The van der Waals surface area contributed by atoms with Crippen LogP contribution in [0.1, 0.15) is 48.0 Å². The van der Waals surface area contributed by atoms with Gasteiger partial charge in [-0.15, -0.1) is 0 Å². The van der Waals surface area contributed by atoms with Crippen LogP contribution in [0.4, 0.5) is 0 Å². The van der Waals surface area contributed by atoms with Crippen LogP contribution >= 0.6 is 0 Å². The number of hydrogen-bond donors (Lipinski definition) is 0. The molecule has 0 spiro atoms. The van der Waals surface area contributed by atoms with Gasteiger partial charge in [0.2, 0.25) is 0 Å². The van der Waals surface area contributed by atoms with E-state index < -0.39 is 7.32 Å². The molecule has 1 aliphatic heterocycles. The topological polar surface area (TPSA) is 27.7 Å². The van der Waals surface area contributed by atoms with E-state index in [1.54, 1.807) is 0 Å². The van der Waals surface area contributed by atoms with E-state index in [0.29, 0.717) is 0 Å². The normalized spacial score (nSPS) is 26.6. The van der Waals surface area contributed by atoms with E-state index in [1.165, 1.54) is 0 Å². The van der Waals surface area contributed by atoms with Gasteiger partial charge in [0.25, 0.3) is 0 Å².